The molecule has 1 unspecified atom stereocenters. The first-order valence-electron chi connectivity index (χ1n) is 11.5. The van der Waals surface area contributed by atoms with Crippen LogP contribution in [0.2, 0.25) is 15.1 Å². The lowest BCUT2D eigenvalue weighted by Crippen LogP contribution is -2.30. The summed E-state index contributed by atoms with van der Waals surface area (Å²) in [6, 6.07) is 12.6. The quantitative estimate of drug-likeness (QED) is 0.338. The van der Waals surface area contributed by atoms with E-state index in [1.807, 2.05) is 70.0 Å². The second kappa shape index (κ2) is 10.3. The van der Waals surface area contributed by atoms with Crippen LogP contribution in [0.5, 0.6) is 0 Å². The third kappa shape index (κ3) is 5.15. The van der Waals surface area contributed by atoms with Crippen molar-refractivity contribution < 1.29 is 8.42 Å². The Morgan fingerprint density at radius 2 is 1.42 bits per heavy atom. The maximum Gasteiger partial charge on any atom is 0.241 e. The van der Waals surface area contributed by atoms with Crippen molar-refractivity contribution in [2.45, 2.75) is 52.0 Å². The topological polar surface area (TPSA) is 61.8 Å². The smallest absolute Gasteiger partial charge is 0.241 e. The first-order valence-corrected chi connectivity index (χ1v) is 14.1. The molecule has 0 radical (unpaired) electrons. The molecule has 1 heterocycles. The third-order valence-corrected chi connectivity index (χ3v) is 9.51. The zero-order valence-electron chi connectivity index (χ0n) is 20.8. The number of anilines is 1. The number of nitrogens with one attached hydrogen (secondary N) is 1. The van der Waals surface area contributed by atoms with E-state index in [0.717, 1.165) is 33.4 Å². The van der Waals surface area contributed by atoms with Crippen molar-refractivity contribution in [1.82, 2.24) is 4.72 Å². The summed E-state index contributed by atoms with van der Waals surface area (Å²) in [5.41, 5.74) is 7.01. The van der Waals surface area contributed by atoms with E-state index in [0.29, 0.717) is 37.8 Å². The number of sulfonamides is 1. The predicted molar refractivity (Wildman–Crippen MR) is 151 cm³/mol. The van der Waals surface area contributed by atoms with E-state index < -0.39 is 10.0 Å². The summed E-state index contributed by atoms with van der Waals surface area (Å²) in [4.78, 5) is 0.341. The molecule has 0 spiro atoms. The van der Waals surface area contributed by atoms with E-state index in [9.17, 15) is 8.42 Å². The molecule has 36 heavy (non-hydrogen) atoms. The van der Waals surface area contributed by atoms with Crippen molar-refractivity contribution in [2.24, 2.45) is 5.10 Å². The normalized spacial score (nSPS) is 15.9. The Morgan fingerprint density at radius 3 is 2.00 bits per heavy atom. The highest BCUT2D eigenvalue weighted by Crippen LogP contribution is 2.40. The van der Waals surface area contributed by atoms with E-state index in [1.54, 1.807) is 12.1 Å². The van der Waals surface area contributed by atoms with E-state index in [-0.39, 0.29) is 12.6 Å². The van der Waals surface area contributed by atoms with Gasteiger partial charge < -0.3 is 0 Å². The minimum absolute atomic E-state index is 0.0823. The Bertz CT molecular complexity index is 1440. The van der Waals surface area contributed by atoms with Crippen LogP contribution >= 0.6 is 34.8 Å². The van der Waals surface area contributed by atoms with Gasteiger partial charge in [-0.2, -0.15) is 5.10 Å². The molecule has 190 valence electrons. The monoisotopic (exact) mass is 563 g/mol. The van der Waals surface area contributed by atoms with Gasteiger partial charge in [-0.3, -0.25) is 5.01 Å². The number of nitrogens with zero attached hydrogens (tertiary/aromatic N) is 2. The number of benzene rings is 3. The minimum Gasteiger partial charge on any atom is -0.256 e. The Labute approximate surface area is 228 Å². The summed E-state index contributed by atoms with van der Waals surface area (Å²) in [6.07, 6.45) is 0.521. The molecule has 0 saturated heterocycles. The summed E-state index contributed by atoms with van der Waals surface area (Å²) < 4.78 is 29.7. The molecule has 0 saturated carbocycles. The van der Waals surface area contributed by atoms with Crippen LogP contribution in [0.25, 0.3) is 0 Å². The number of halogens is 3. The fourth-order valence-corrected chi connectivity index (χ4v) is 6.87. The third-order valence-electron chi connectivity index (χ3n) is 7.05. The molecule has 0 amide bonds. The molecule has 0 aromatic heterocycles. The highest BCUT2D eigenvalue weighted by Gasteiger charge is 2.32. The lowest BCUT2D eigenvalue weighted by Gasteiger charge is -2.25. The standard InChI is InChI=1S/C27H28Cl3N3O2S/c1-15-16(2)18(4)27(19(5)17(15)3)36(34,35)31-14-23-13-26(20-6-8-21(28)9-7-20)33(32-23)25-11-10-22(29)12-24(25)30/h6-12,26,31H,13-14H2,1-5H3. The number of hydrogen-bond donors (Lipinski definition) is 1. The lowest BCUT2D eigenvalue weighted by molar-refractivity contribution is 0.584. The van der Waals surface area contributed by atoms with Crippen molar-refractivity contribution in [2.75, 3.05) is 11.6 Å². The van der Waals surface area contributed by atoms with E-state index in [4.69, 9.17) is 39.9 Å². The largest absolute Gasteiger partial charge is 0.256 e. The SMILES string of the molecule is Cc1c(C)c(C)c(S(=O)(=O)NCC2=NN(c3ccc(Cl)cc3Cl)C(c3ccc(Cl)cc3)C2)c(C)c1C. The van der Waals surface area contributed by atoms with Gasteiger partial charge in [0, 0.05) is 16.5 Å². The van der Waals surface area contributed by atoms with Gasteiger partial charge in [-0.1, -0.05) is 46.9 Å². The van der Waals surface area contributed by atoms with E-state index in [1.165, 1.54) is 0 Å². The molecule has 3 aromatic carbocycles. The molecule has 9 heteroatoms. The average Bonchev–Trinajstić information content (AvgIpc) is 3.25. The molecule has 5 nitrogen and oxygen atoms in total. The molecule has 0 bridgehead atoms. The van der Waals surface area contributed by atoms with Gasteiger partial charge in [0.05, 0.1) is 33.9 Å². The second-order valence-electron chi connectivity index (χ2n) is 9.16. The molecule has 1 aliphatic rings. The van der Waals surface area contributed by atoms with Crippen LogP contribution in [0.15, 0.2) is 52.5 Å². The fourth-order valence-electron chi connectivity index (χ4n) is 4.63. The highest BCUT2D eigenvalue weighted by molar-refractivity contribution is 7.89. The van der Waals surface area contributed by atoms with Crippen LogP contribution in [0, 0.1) is 34.6 Å². The van der Waals surface area contributed by atoms with Gasteiger partial charge >= 0.3 is 0 Å². The molecular weight excluding hydrogens is 537 g/mol. The van der Waals surface area contributed by atoms with Crippen molar-refractivity contribution in [1.29, 1.82) is 0 Å². The molecule has 0 aliphatic carbocycles. The molecule has 3 aromatic rings. The fraction of sp³-hybridized carbons (Fsp3) is 0.296. The number of hydrazone groups is 1. The first kappa shape index (κ1) is 27.0. The first-order chi connectivity index (χ1) is 16.9. The zero-order valence-corrected chi connectivity index (χ0v) is 23.9. The maximum atomic E-state index is 13.4. The van der Waals surface area contributed by atoms with Crippen molar-refractivity contribution in [3.63, 3.8) is 0 Å². The lowest BCUT2D eigenvalue weighted by atomic mass is 9.95. The van der Waals surface area contributed by atoms with Gasteiger partial charge in [-0.15, -0.1) is 0 Å². The van der Waals surface area contributed by atoms with Crippen LogP contribution in [0.3, 0.4) is 0 Å². The van der Waals surface area contributed by atoms with Gasteiger partial charge in [-0.05, 0) is 98.3 Å². The molecule has 4 rings (SSSR count). The van der Waals surface area contributed by atoms with Gasteiger partial charge in [0.1, 0.15) is 0 Å². The van der Waals surface area contributed by atoms with Crippen molar-refractivity contribution >= 4 is 56.2 Å². The summed E-state index contributed by atoms with van der Waals surface area (Å²) in [6.45, 7) is 9.74. The molecular formula is C27H28Cl3N3O2S. The van der Waals surface area contributed by atoms with Gasteiger partial charge in [-0.25, -0.2) is 13.1 Å². The number of hydrogen-bond acceptors (Lipinski definition) is 4. The maximum absolute atomic E-state index is 13.4. The second-order valence-corrected chi connectivity index (χ2v) is 12.1. The highest BCUT2D eigenvalue weighted by atomic mass is 35.5. The van der Waals surface area contributed by atoms with Gasteiger partial charge in [0.2, 0.25) is 10.0 Å². The Balaban J connectivity index is 1.66. The summed E-state index contributed by atoms with van der Waals surface area (Å²) in [5, 5.41) is 8.23. The van der Waals surface area contributed by atoms with Crippen LogP contribution in [-0.2, 0) is 10.0 Å². The number of rotatable bonds is 6. The van der Waals surface area contributed by atoms with Gasteiger partial charge in [0.15, 0.2) is 0 Å². The summed E-state index contributed by atoms with van der Waals surface area (Å²) in [5.74, 6) is 0. The molecule has 0 fully saturated rings. The summed E-state index contributed by atoms with van der Waals surface area (Å²) in [7, 11) is -3.76. The van der Waals surface area contributed by atoms with Crippen molar-refractivity contribution in [3.8, 4) is 0 Å². The van der Waals surface area contributed by atoms with E-state index in [2.05, 4.69) is 4.72 Å². The Morgan fingerprint density at radius 1 is 0.861 bits per heavy atom. The van der Waals surface area contributed by atoms with Crippen LogP contribution in [0.1, 0.15) is 45.8 Å². The summed E-state index contributed by atoms with van der Waals surface area (Å²) >= 11 is 18.7. The average molecular weight is 565 g/mol. The zero-order chi connectivity index (χ0) is 26.4. The van der Waals surface area contributed by atoms with Crippen LogP contribution in [0.4, 0.5) is 5.69 Å². The van der Waals surface area contributed by atoms with Crippen LogP contribution < -0.4 is 9.73 Å². The Hall–Kier alpha value is -2.09. The Kier molecular flexibility index (Phi) is 7.75. The molecule has 1 aliphatic heterocycles. The van der Waals surface area contributed by atoms with E-state index >= 15 is 0 Å². The molecule has 1 atom stereocenters. The van der Waals surface area contributed by atoms with Crippen molar-refractivity contribution in [3.05, 3.63) is 90.9 Å². The van der Waals surface area contributed by atoms with Crippen LogP contribution in [-0.4, -0.2) is 20.7 Å². The molecule has 1 N–H and O–H groups in total. The van der Waals surface area contributed by atoms with Gasteiger partial charge in [0.25, 0.3) is 0 Å². The minimum atomic E-state index is -3.76. The predicted octanol–water partition coefficient (Wildman–Crippen LogP) is 7.47.